The molecule has 0 saturated carbocycles. The van der Waals surface area contributed by atoms with E-state index in [1.165, 1.54) is 6.33 Å². The van der Waals surface area contributed by atoms with Crippen molar-refractivity contribution in [2.45, 2.75) is 33.1 Å². The number of aliphatic hydroxyl groups excluding tert-OH is 1. The molecule has 0 bridgehead atoms. The van der Waals surface area contributed by atoms with Crippen molar-refractivity contribution < 1.29 is 14.6 Å². The van der Waals surface area contributed by atoms with Crippen molar-refractivity contribution in [3.05, 3.63) is 35.9 Å². The summed E-state index contributed by atoms with van der Waals surface area (Å²) in [5.41, 5.74) is 0.716. The third-order valence-electron chi connectivity index (χ3n) is 3.02. The standard InChI is InChI=1S/C14H19N3O3/c1-4-17-14(15-9-16-17)8-20-13-7-11(19-3)5-6-12(13)10(2)18/h5-7,9-10,18H,4,8H2,1-3H3. The highest BCUT2D eigenvalue weighted by atomic mass is 16.5. The van der Waals surface area contributed by atoms with Gasteiger partial charge in [-0.15, -0.1) is 0 Å². The van der Waals surface area contributed by atoms with Crippen LogP contribution in [0.25, 0.3) is 0 Å². The van der Waals surface area contributed by atoms with Crippen molar-refractivity contribution in [1.82, 2.24) is 14.8 Å². The molecule has 1 unspecified atom stereocenters. The molecule has 2 rings (SSSR count). The fourth-order valence-electron chi connectivity index (χ4n) is 1.92. The summed E-state index contributed by atoms with van der Waals surface area (Å²) in [6, 6.07) is 5.35. The molecule has 0 radical (unpaired) electrons. The Kier molecular flexibility index (Phi) is 4.57. The molecular weight excluding hydrogens is 258 g/mol. The molecule has 0 fully saturated rings. The van der Waals surface area contributed by atoms with Crippen LogP contribution in [0, 0.1) is 0 Å². The van der Waals surface area contributed by atoms with Crippen molar-refractivity contribution in [2.75, 3.05) is 7.11 Å². The Balaban J connectivity index is 2.19. The Labute approximate surface area is 118 Å². The third kappa shape index (κ3) is 3.08. The highest BCUT2D eigenvalue weighted by molar-refractivity contribution is 5.41. The summed E-state index contributed by atoms with van der Waals surface area (Å²) < 4.78 is 12.7. The highest BCUT2D eigenvalue weighted by Crippen LogP contribution is 2.29. The lowest BCUT2D eigenvalue weighted by molar-refractivity contribution is 0.188. The average Bonchev–Trinajstić information content (AvgIpc) is 2.91. The molecule has 2 aromatic rings. The van der Waals surface area contributed by atoms with E-state index in [4.69, 9.17) is 9.47 Å². The molecule has 6 nitrogen and oxygen atoms in total. The molecule has 1 heterocycles. The van der Waals surface area contributed by atoms with Crippen LogP contribution in [0.2, 0.25) is 0 Å². The number of hydrogen-bond donors (Lipinski definition) is 1. The number of aromatic nitrogens is 3. The number of nitrogens with zero attached hydrogens (tertiary/aromatic N) is 3. The molecule has 0 aliphatic heterocycles. The second kappa shape index (κ2) is 6.38. The minimum absolute atomic E-state index is 0.292. The Hall–Kier alpha value is -2.08. The Morgan fingerprint density at radius 2 is 2.20 bits per heavy atom. The molecule has 1 N–H and O–H groups in total. The molecule has 0 saturated heterocycles. The van der Waals surface area contributed by atoms with E-state index in [0.717, 1.165) is 12.4 Å². The molecule has 1 aromatic carbocycles. The second-order valence-electron chi connectivity index (χ2n) is 4.36. The van der Waals surface area contributed by atoms with E-state index < -0.39 is 6.10 Å². The monoisotopic (exact) mass is 277 g/mol. The smallest absolute Gasteiger partial charge is 0.164 e. The first kappa shape index (κ1) is 14.3. The van der Waals surface area contributed by atoms with Crippen LogP contribution in [-0.2, 0) is 13.2 Å². The fraction of sp³-hybridized carbons (Fsp3) is 0.429. The predicted molar refractivity (Wildman–Crippen MR) is 73.7 cm³/mol. The van der Waals surface area contributed by atoms with Gasteiger partial charge in [-0.1, -0.05) is 0 Å². The summed E-state index contributed by atoms with van der Waals surface area (Å²) in [6.07, 6.45) is 0.892. The van der Waals surface area contributed by atoms with E-state index in [2.05, 4.69) is 10.1 Å². The lowest BCUT2D eigenvalue weighted by atomic mass is 10.1. The Morgan fingerprint density at radius 3 is 2.85 bits per heavy atom. The molecule has 1 atom stereocenters. The first-order valence-electron chi connectivity index (χ1n) is 6.51. The van der Waals surface area contributed by atoms with Crippen LogP contribution in [0.1, 0.15) is 31.3 Å². The van der Waals surface area contributed by atoms with Gasteiger partial charge in [-0.3, -0.25) is 0 Å². The molecule has 0 aliphatic rings. The van der Waals surface area contributed by atoms with E-state index in [0.29, 0.717) is 23.7 Å². The second-order valence-corrected chi connectivity index (χ2v) is 4.36. The molecule has 6 heteroatoms. The van der Waals surface area contributed by atoms with Crippen molar-refractivity contribution in [2.24, 2.45) is 0 Å². The third-order valence-corrected chi connectivity index (χ3v) is 3.02. The van der Waals surface area contributed by atoms with Gasteiger partial charge in [0.05, 0.1) is 13.2 Å². The number of benzene rings is 1. The maximum absolute atomic E-state index is 9.77. The zero-order chi connectivity index (χ0) is 14.5. The van der Waals surface area contributed by atoms with E-state index in [-0.39, 0.29) is 0 Å². The van der Waals surface area contributed by atoms with Gasteiger partial charge in [0, 0.05) is 18.2 Å². The number of aryl methyl sites for hydroxylation is 1. The number of aliphatic hydroxyl groups is 1. The number of rotatable bonds is 6. The van der Waals surface area contributed by atoms with Crippen molar-refractivity contribution in [3.63, 3.8) is 0 Å². The molecule has 1 aromatic heterocycles. The van der Waals surface area contributed by atoms with E-state index in [9.17, 15) is 5.11 Å². The van der Waals surface area contributed by atoms with E-state index >= 15 is 0 Å². The first-order valence-corrected chi connectivity index (χ1v) is 6.51. The van der Waals surface area contributed by atoms with Gasteiger partial charge in [0.25, 0.3) is 0 Å². The van der Waals surface area contributed by atoms with Crippen LogP contribution in [0.4, 0.5) is 0 Å². The maximum atomic E-state index is 9.77. The van der Waals surface area contributed by atoms with Gasteiger partial charge in [0.15, 0.2) is 5.82 Å². The Morgan fingerprint density at radius 1 is 1.40 bits per heavy atom. The lowest BCUT2D eigenvalue weighted by Gasteiger charge is -2.14. The van der Waals surface area contributed by atoms with Crippen molar-refractivity contribution in [3.8, 4) is 11.5 Å². The Bertz CT molecular complexity index is 567. The molecule has 108 valence electrons. The van der Waals surface area contributed by atoms with Gasteiger partial charge in [-0.2, -0.15) is 5.10 Å². The minimum atomic E-state index is -0.611. The minimum Gasteiger partial charge on any atom is -0.497 e. The number of ether oxygens (including phenoxy) is 2. The molecule has 0 spiro atoms. The van der Waals surface area contributed by atoms with Crippen LogP contribution in [0.15, 0.2) is 24.5 Å². The molecule has 20 heavy (non-hydrogen) atoms. The average molecular weight is 277 g/mol. The quantitative estimate of drug-likeness (QED) is 0.873. The summed E-state index contributed by atoms with van der Waals surface area (Å²) >= 11 is 0. The zero-order valence-electron chi connectivity index (χ0n) is 11.9. The normalized spacial score (nSPS) is 12.2. The summed E-state index contributed by atoms with van der Waals surface area (Å²) in [4.78, 5) is 4.15. The van der Waals surface area contributed by atoms with Crippen LogP contribution < -0.4 is 9.47 Å². The first-order chi connectivity index (χ1) is 9.65. The van der Waals surface area contributed by atoms with Crippen LogP contribution in [0.3, 0.4) is 0 Å². The predicted octanol–water partition coefficient (Wildman–Crippen LogP) is 1.94. The largest absolute Gasteiger partial charge is 0.497 e. The summed E-state index contributed by atoms with van der Waals surface area (Å²) in [7, 11) is 1.59. The van der Waals surface area contributed by atoms with Crippen molar-refractivity contribution in [1.29, 1.82) is 0 Å². The van der Waals surface area contributed by atoms with Gasteiger partial charge in [-0.25, -0.2) is 9.67 Å². The summed E-state index contributed by atoms with van der Waals surface area (Å²) in [5, 5.41) is 13.9. The zero-order valence-corrected chi connectivity index (χ0v) is 11.9. The topological polar surface area (TPSA) is 69.4 Å². The van der Waals surface area contributed by atoms with Crippen molar-refractivity contribution >= 4 is 0 Å². The fourth-order valence-corrected chi connectivity index (χ4v) is 1.92. The highest BCUT2D eigenvalue weighted by Gasteiger charge is 2.12. The molecule has 0 aliphatic carbocycles. The van der Waals surface area contributed by atoms with Crippen LogP contribution >= 0.6 is 0 Å². The molecule has 0 amide bonds. The molecular formula is C14H19N3O3. The van der Waals surface area contributed by atoms with Crippen LogP contribution in [0.5, 0.6) is 11.5 Å². The van der Waals surface area contributed by atoms with Gasteiger partial charge in [0.1, 0.15) is 24.4 Å². The summed E-state index contributed by atoms with van der Waals surface area (Å²) in [5.74, 6) is 2.01. The van der Waals surface area contributed by atoms with E-state index in [1.54, 1.807) is 36.9 Å². The van der Waals surface area contributed by atoms with E-state index in [1.807, 2.05) is 6.92 Å². The SMILES string of the molecule is CCn1ncnc1COc1cc(OC)ccc1C(C)O. The number of hydrogen-bond acceptors (Lipinski definition) is 5. The van der Waals surface area contributed by atoms with Gasteiger partial charge in [-0.05, 0) is 26.0 Å². The van der Waals surface area contributed by atoms with Crippen LogP contribution in [-0.4, -0.2) is 27.0 Å². The lowest BCUT2D eigenvalue weighted by Crippen LogP contribution is -2.08. The maximum Gasteiger partial charge on any atom is 0.164 e. The number of methoxy groups -OCH3 is 1. The van der Waals surface area contributed by atoms with Gasteiger partial charge >= 0.3 is 0 Å². The summed E-state index contributed by atoms with van der Waals surface area (Å²) in [6.45, 7) is 4.72. The van der Waals surface area contributed by atoms with Gasteiger partial charge in [0.2, 0.25) is 0 Å². The van der Waals surface area contributed by atoms with Gasteiger partial charge < -0.3 is 14.6 Å².